The average Bonchev–Trinajstić information content (AvgIpc) is 2.26. The summed E-state index contributed by atoms with van der Waals surface area (Å²) in [7, 11) is 0. The van der Waals surface area contributed by atoms with E-state index in [1.807, 2.05) is 0 Å². The molecule has 0 aliphatic heterocycles. The molecular formula is C10H7BrFN3O. The van der Waals surface area contributed by atoms with Crippen LogP contribution in [0.15, 0.2) is 28.9 Å². The van der Waals surface area contributed by atoms with Crippen LogP contribution >= 0.6 is 15.9 Å². The number of anilines is 1. The Labute approximate surface area is 99.1 Å². The Morgan fingerprint density at radius 2 is 2.12 bits per heavy atom. The topological polar surface area (TPSA) is 72.0 Å². The van der Waals surface area contributed by atoms with Crippen LogP contribution in [0.1, 0.15) is 0 Å². The van der Waals surface area contributed by atoms with Crippen molar-refractivity contribution < 1.29 is 9.50 Å². The quantitative estimate of drug-likeness (QED) is 0.843. The predicted octanol–water partition coefficient (Wildman–Crippen LogP) is 2.33. The highest BCUT2D eigenvalue weighted by atomic mass is 79.9. The first kappa shape index (κ1) is 10.8. The van der Waals surface area contributed by atoms with E-state index in [4.69, 9.17) is 10.8 Å². The number of halogens is 2. The maximum absolute atomic E-state index is 13.1. The number of nitrogens with two attached hydrogens (primary N) is 1. The maximum atomic E-state index is 13.1. The Morgan fingerprint density at radius 3 is 2.75 bits per heavy atom. The van der Waals surface area contributed by atoms with Crippen molar-refractivity contribution >= 4 is 21.7 Å². The molecular weight excluding hydrogens is 277 g/mol. The summed E-state index contributed by atoms with van der Waals surface area (Å²) in [6.07, 6.45) is 1.49. The zero-order valence-corrected chi connectivity index (χ0v) is 9.57. The van der Waals surface area contributed by atoms with Crippen LogP contribution in [0.2, 0.25) is 0 Å². The van der Waals surface area contributed by atoms with Crippen LogP contribution in [-0.4, -0.2) is 15.1 Å². The third kappa shape index (κ3) is 1.96. The summed E-state index contributed by atoms with van der Waals surface area (Å²) >= 11 is 3.16. The number of phenolic OH excluding ortho intramolecular Hbond substituents is 1. The van der Waals surface area contributed by atoms with Crippen LogP contribution in [0.5, 0.6) is 5.75 Å². The molecule has 0 saturated heterocycles. The summed E-state index contributed by atoms with van der Waals surface area (Å²) < 4.78 is 13.7. The van der Waals surface area contributed by atoms with Crippen molar-refractivity contribution in [2.24, 2.45) is 0 Å². The number of rotatable bonds is 1. The Hall–Kier alpha value is -1.69. The third-order valence-electron chi connectivity index (χ3n) is 1.98. The standard InChI is InChI=1S/C10H7BrFN3O/c11-6-4-14-10(15-9(6)13)5-1-2-8(16)7(12)3-5/h1-4,16H,(H2,13,14,15). The lowest BCUT2D eigenvalue weighted by Gasteiger charge is -2.03. The van der Waals surface area contributed by atoms with Gasteiger partial charge in [-0.2, -0.15) is 0 Å². The van der Waals surface area contributed by atoms with Crippen molar-refractivity contribution in [3.8, 4) is 17.1 Å². The van der Waals surface area contributed by atoms with E-state index in [0.29, 0.717) is 15.9 Å². The zero-order valence-electron chi connectivity index (χ0n) is 7.98. The van der Waals surface area contributed by atoms with Crippen molar-refractivity contribution in [1.82, 2.24) is 9.97 Å². The van der Waals surface area contributed by atoms with Gasteiger partial charge in [0.25, 0.3) is 0 Å². The van der Waals surface area contributed by atoms with E-state index in [0.717, 1.165) is 6.07 Å². The molecule has 4 nitrogen and oxygen atoms in total. The lowest BCUT2D eigenvalue weighted by atomic mass is 10.2. The van der Waals surface area contributed by atoms with Gasteiger partial charge >= 0.3 is 0 Å². The first-order valence-electron chi connectivity index (χ1n) is 4.35. The van der Waals surface area contributed by atoms with E-state index in [2.05, 4.69) is 25.9 Å². The molecule has 0 aliphatic rings. The number of hydrogen-bond acceptors (Lipinski definition) is 4. The van der Waals surface area contributed by atoms with Gasteiger partial charge in [0.15, 0.2) is 17.4 Å². The molecule has 0 aliphatic carbocycles. The fraction of sp³-hybridized carbons (Fsp3) is 0. The summed E-state index contributed by atoms with van der Waals surface area (Å²) in [5.74, 6) is -0.547. The largest absolute Gasteiger partial charge is 0.505 e. The molecule has 16 heavy (non-hydrogen) atoms. The van der Waals surface area contributed by atoms with Gasteiger partial charge in [0.05, 0.1) is 4.47 Å². The molecule has 3 N–H and O–H groups in total. The van der Waals surface area contributed by atoms with Crippen LogP contribution in [0.4, 0.5) is 10.2 Å². The van der Waals surface area contributed by atoms with E-state index in [-0.39, 0.29) is 5.82 Å². The molecule has 2 rings (SSSR count). The number of phenols is 1. The zero-order chi connectivity index (χ0) is 11.7. The number of aromatic hydroxyl groups is 1. The summed E-state index contributed by atoms with van der Waals surface area (Å²) in [5, 5.41) is 9.04. The second-order valence-electron chi connectivity index (χ2n) is 3.09. The number of nitrogen functional groups attached to an aromatic ring is 1. The minimum absolute atomic E-state index is 0.276. The fourth-order valence-electron chi connectivity index (χ4n) is 1.17. The SMILES string of the molecule is Nc1nc(-c2ccc(O)c(F)c2)ncc1Br. The monoisotopic (exact) mass is 283 g/mol. The van der Waals surface area contributed by atoms with Crippen LogP contribution < -0.4 is 5.73 Å². The van der Waals surface area contributed by atoms with Crippen LogP contribution in [-0.2, 0) is 0 Å². The third-order valence-corrected chi connectivity index (χ3v) is 2.59. The van der Waals surface area contributed by atoms with Crippen molar-refractivity contribution in [2.45, 2.75) is 0 Å². The van der Waals surface area contributed by atoms with E-state index in [1.165, 1.54) is 18.3 Å². The smallest absolute Gasteiger partial charge is 0.165 e. The molecule has 0 bridgehead atoms. The van der Waals surface area contributed by atoms with Gasteiger partial charge in [-0.25, -0.2) is 14.4 Å². The van der Waals surface area contributed by atoms with Gasteiger partial charge in [0.1, 0.15) is 5.82 Å². The first-order chi connectivity index (χ1) is 7.58. The molecule has 0 amide bonds. The number of hydrogen-bond donors (Lipinski definition) is 2. The van der Waals surface area contributed by atoms with Crippen molar-refractivity contribution in [1.29, 1.82) is 0 Å². The molecule has 0 fully saturated rings. The van der Waals surface area contributed by atoms with Gasteiger partial charge in [-0.15, -0.1) is 0 Å². The average molecular weight is 284 g/mol. The van der Waals surface area contributed by atoms with Crippen LogP contribution in [0.3, 0.4) is 0 Å². The molecule has 1 heterocycles. The highest BCUT2D eigenvalue weighted by molar-refractivity contribution is 9.10. The summed E-state index contributed by atoms with van der Waals surface area (Å²) in [6.45, 7) is 0. The van der Waals surface area contributed by atoms with Gasteiger partial charge in [0.2, 0.25) is 0 Å². The Morgan fingerprint density at radius 1 is 1.38 bits per heavy atom. The van der Waals surface area contributed by atoms with Crippen molar-refractivity contribution in [3.63, 3.8) is 0 Å². The van der Waals surface area contributed by atoms with Crippen LogP contribution in [0, 0.1) is 5.82 Å². The van der Waals surface area contributed by atoms with Gasteiger partial charge < -0.3 is 10.8 Å². The molecule has 0 unspecified atom stereocenters. The highest BCUT2D eigenvalue weighted by Crippen LogP contribution is 2.24. The molecule has 6 heteroatoms. The van der Waals surface area contributed by atoms with E-state index < -0.39 is 11.6 Å². The Bertz CT molecular complexity index is 498. The number of benzene rings is 1. The van der Waals surface area contributed by atoms with Crippen LogP contribution in [0.25, 0.3) is 11.4 Å². The minimum atomic E-state index is -0.720. The number of aromatic nitrogens is 2. The van der Waals surface area contributed by atoms with Gasteiger partial charge in [0, 0.05) is 11.8 Å². The van der Waals surface area contributed by atoms with E-state index in [1.54, 1.807) is 0 Å². The summed E-state index contributed by atoms with van der Waals surface area (Å²) in [4.78, 5) is 7.98. The van der Waals surface area contributed by atoms with E-state index >= 15 is 0 Å². The Kier molecular flexibility index (Phi) is 2.74. The van der Waals surface area contributed by atoms with Gasteiger partial charge in [-0.05, 0) is 34.1 Å². The molecule has 1 aromatic carbocycles. The lowest BCUT2D eigenvalue weighted by molar-refractivity contribution is 0.432. The molecule has 0 spiro atoms. The second kappa shape index (κ2) is 4.05. The van der Waals surface area contributed by atoms with Gasteiger partial charge in [-0.3, -0.25) is 0 Å². The summed E-state index contributed by atoms with van der Waals surface area (Å²) in [6, 6.07) is 3.91. The molecule has 82 valence electrons. The second-order valence-corrected chi connectivity index (χ2v) is 3.95. The highest BCUT2D eigenvalue weighted by Gasteiger charge is 2.07. The maximum Gasteiger partial charge on any atom is 0.165 e. The fourth-order valence-corrected chi connectivity index (χ4v) is 1.36. The molecule has 0 radical (unpaired) electrons. The number of nitrogens with zero attached hydrogens (tertiary/aromatic N) is 2. The molecule has 0 atom stereocenters. The van der Waals surface area contributed by atoms with Crippen molar-refractivity contribution in [3.05, 3.63) is 34.7 Å². The predicted molar refractivity (Wildman–Crippen MR) is 61.2 cm³/mol. The molecule has 0 saturated carbocycles. The lowest BCUT2D eigenvalue weighted by Crippen LogP contribution is -1.96. The molecule has 2 aromatic rings. The van der Waals surface area contributed by atoms with Gasteiger partial charge in [-0.1, -0.05) is 0 Å². The first-order valence-corrected chi connectivity index (χ1v) is 5.14. The minimum Gasteiger partial charge on any atom is -0.505 e. The van der Waals surface area contributed by atoms with Crippen molar-refractivity contribution in [2.75, 3.05) is 5.73 Å². The molecule has 1 aromatic heterocycles. The summed E-state index contributed by atoms with van der Waals surface area (Å²) in [5.41, 5.74) is 6.04. The normalized spacial score (nSPS) is 10.4. The Balaban J connectivity index is 2.50. The van der Waals surface area contributed by atoms with E-state index in [9.17, 15) is 4.39 Å².